The summed E-state index contributed by atoms with van der Waals surface area (Å²) in [7, 11) is 0. The lowest BCUT2D eigenvalue weighted by atomic mass is 9.98. The minimum absolute atomic E-state index is 0.0969. The van der Waals surface area contributed by atoms with E-state index in [0.717, 1.165) is 0 Å². The Labute approximate surface area is 92.1 Å². The molecule has 0 bridgehead atoms. The molecule has 0 saturated heterocycles. The molecule has 0 aliphatic rings. The lowest BCUT2D eigenvalue weighted by molar-refractivity contribution is 0.0232. The molecule has 1 aromatic rings. The van der Waals surface area contributed by atoms with Gasteiger partial charge in [-0.15, -0.1) is 0 Å². The summed E-state index contributed by atoms with van der Waals surface area (Å²) in [5.74, 6) is -1.22. The van der Waals surface area contributed by atoms with Gasteiger partial charge in [0, 0.05) is 12.2 Å². The highest BCUT2D eigenvalue weighted by Gasteiger charge is 2.22. The monoisotopic (exact) mass is 226 g/mol. The number of aliphatic hydroxyl groups excluding tert-OH is 2. The van der Waals surface area contributed by atoms with Gasteiger partial charge in [0.15, 0.2) is 0 Å². The molecule has 88 valence electrons. The van der Waals surface area contributed by atoms with Gasteiger partial charge in [0.2, 0.25) is 0 Å². The van der Waals surface area contributed by atoms with Crippen LogP contribution in [0.25, 0.3) is 0 Å². The molecule has 1 aromatic carbocycles. The highest BCUT2D eigenvalue weighted by Crippen LogP contribution is 2.23. The van der Waals surface area contributed by atoms with Gasteiger partial charge in [-0.3, -0.25) is 0 Å². The third-order valence-corrected chi connectivity index (χ3v) is 2.23. The molecular formula is C10H14N2O4. The minimum Gasteiger partial charge on any atom is -0.478 e. The van der Waals surface area contributed by atoms with Crippen LogP contribution in [0.4, 0.5) is 5.69 Å². The molecule has 0 aliphatic carbocycles. The topological polar surface area (TPSA) is 130 Å². The normalized spacial score (nSPS) is 14.4. The van der Waals surface area contributed by atoms with E-state index in [0.29, 0.717) is 0 Å². The van der Waals surface area contributed by atoms with E-state index in [9.17, 15) is 15.0 Å². The number of hydrogen-bond acceptors (Lipinski definition) is 5. The number of nitrogens with two attached hydrogens (primary N) is 2. The van der Waals surface area contributed by atoms with Crippen molar-refractivity contribution in [1.82, 2.24) is 0 Å². The number of aliphatic hydroxyl groups is 2. The number of benzene rings is 1. The Bertz CT molecular complexity index is 394. The van der Waals surface area contributed by atoms with Gasteiger partial charge in [-0.1, -0.05) is 6.07 Å². The first kappa shape index (κ1) is 12.4. The number of aromatic carboxylic acids is 1. The predicted octanol–water partition coefficient (Wildman–Crippen LogP) is -0.680. The van der Waals surface area contributed by atoms with Crippen molar-refractivity contribution in [2.24, 2.45) is 5.73 Å². The molecule has 0 spiro atoms. The maximum atomic E-state index is 10.9. The average molecular weight is 226 g/mol. The fourth-order valence-corrected chi connectivity index (χ4v) is 1.35. The molecular weight excluding hydrogens is 212 g/mol. The van der Waals surface area contributed by atoms with Crippen molar-refractivity contribution in [3.05, 3.63) is 29.3 Å². The van der Waals surface area contributed by atoms with Crippen LogP contribution < -0.4 is 11.5 Å². The number of carbonyl (C=O) groups is 1. The molecule has 0 heterocycles. The number of anilines is 1. The Morgan fingerprint density at radius 3 is 2.50 bits per heavy atom. The van der Waals surface area contributed by atoms with E-state index in [1.165, 1.54) is 18.2 Å². The second-order valence-corrected chi connectivity index (χ2v) is 3.40. The molecule has 2 unspecified atom stereocenters. The SMILES string of the molecule is NCC(O)C(O)c1ccc(N)cc1C(=O)O. The molecule has 0 amide bonds. The van der Waals surface area contributed by atoms with Gasteiger partial charge in [0.1, 0.15) is 6.10 Å². The maximum Gasteiger partial charge on any atom is 0.336 e. The summed E-state index contributed by atoms with van der Waals surface area (Å²) in [4.78, 5) is 10.9. The average Bonchev–Trinajstić information content (AvgIpc) is 2.26. The smallest absolute Gasteiger partial charge is 0.336 e. The van der Waals surface area contributed by atoms with Crippen molar-refractivity contribution in [3.8, 4) is 0 Å². The summed E-state index contributed by atoms with van der Waals surface area (Å²) in [6.07, 6.45) is -2.54. The Morgan fingerprint density at radius 2 is 2.00 bits per heavy atom. The Morgan fingerprint density at radius 1 is 1.38 bits per heavy atom. The fraction of sp³-hybridized carbons (Fsp3) is 0.300. The Balaban J connectivity index is 3.17. The standard InChI is InChI=1S/C10H14N2O4/c11-4-8(13)9(14)6-2-1-5(12)3-7(6)10(15)16/h1-3,8-9,13-14H,4,11-12H2,(H,15,16). The summed E-state index contributed by atoms with van der Waals surface area (Å²) in [5.41, 5.74) is 10.9. The molecule has 1 rings (SSSR count). The van der Waals surface area contributed by atoms with Gasteiger partial charge in [0.25, 0.3) is 0 Å². The van der Waals surface area contributed by atoms with Crippen molar-refractivity contribution in [1.29, 1.82) is 0 Å². The quantitative estimate of drug-likeness (QED) is 0.432. The lowest BCUT2D eigenvalue weighted by Crippen LogP contribution is -2.28. The maximum absolute atomic E-state index is 10.9. The van der Waals surface area contributed by atoms with E-state index in [1.54, 1.807) is 0 Å². The third kappa shape index (κ3) is 2.48. The molecule has 7 N–H and O–H groups in total. The van der Waals surface area contributed by atoms with Gasteiger partial charge in [-0.2, -0.15) is 0 Å². The number of carboxylic acids is 1. The zero-order valence-electron chi connectivity index (χ0n) is 8.50. The third-order valence-electron chi connectivity index (χ3n) is 2.23. The van der Waals surface area contributed by atoms with Gasteiger partial charge in [-0.25, -0.2) is 4.79 Å². The molecule has 0 aromatic heterocycles. The minimum atomic E-state index is -1.34. The van der Waals surface area contributed by atoms with Gasteiger partial charge < -0.3 is 26.8 Å². The molecule has 0 radical (unpaired) electrons. The van der Waals surface area contributed by atoms with Crippen molar-refractivity contribution in [2.45, 2.75) is 12.2 Å². The van der Waals surface area contributed by atoms with E-state index in [1.807, 2.05) is 0 Å². The van der Waals surface area contributed by atoms with E-state index >= 15 is 0 Å². The molecule has 6 heteroatoms. The van der Waals surface area contributed by atoms with E-state index < -0.39 is 18.2 Å². The van der Waals surface area contributed by atoms with Gasteiger partial charge in [-0.05, 0) is 17.7 Å². The number of rotatable bonds is 4. The van der Waals surface area contributed by atoms with Crippen LogP contribution in [0.15, 0.2) is 18.2 Å². The molecule has 0 aliphatic heterocycles. The van der Waals surface area contributed by atoms with Crippen molar-refractivity contribution >= 4 is 11.7 Å². The second-order valence-electron chi connectivity index (χ2n) is 3.40. The van der Waals surface area contributed by atoms with E-state index in [2.05, 4.69) is 0 Å². The largest absolute Gasteiger partial charge is 0.478 e. The lowest BCUT2D eigenvalue weighted by Gasteiger charge is -2.18. The molecule has 6 nitrogen and oxygen atoms in total. The first-order valence-corrected chi connectivity index (χ1v) is 4.66. The van der Waals surface area contributed by atoms with Crippen LogP contribution in [-0.2, 0) is 0 Å². The van der Waals surface area contributed by atoms with Crippen LogP contribution in [0.1, 0.15) is 22.0 Å². The molecule has 0 saturated carbocycles. The van der Waals surface area contributed by atoms with Gasteiger partial charge >= 0.3 is 5.97 Å². The van der Waals surface area contributed by atoms with E-state index in [4.69, 9.17) is 16.6 Å². The van der Waals surface area contributed by atoms with Crippen LogP contribution >= 0.6 is 0 Å². The summed E-state index contributed by atoms with van der Waals surface area (Å²) in [5, 5.41) is 27.9. The molecule has 16 heavy (non-hydrogen) atoms. The van der Waals surface area contributed by atoms with Gasteiger partial charge in [0.05, 0.1) is 11.7 Å². The van der Waals surface area contributed by atoms with Crippen LogP contribution in [0, 0.1) is 0 Å². The number of nitrogen functional groups attached to an aromatic ring is 1. The molecule has 0 fully saturated rings. The highest BCUT2D eigenvalue weighted by molar-refractivity contribution is 5.90. The predicted molar refractivity (Wildman–Crippen MR) is 57.8 cm³/mol. The van der Waals surface area contributed by atoms with Crippen molar-refractivity contribution in [3.63, 3.8) is 0 Å². The zero-order chi connectivity index (χ0) is 12.3. The Kier molecular flexibility index (Phi) is 3.83. The van der Waals surface area contributed by atoms with Crippen LogP contribution in [0.3, 0.4) is 0 Å². The number of hydrogen-bond donors (Lipinski definition) is 5. The van der Waals surface area contributed by atoms with Crippen molar-refractivity contribution in [2.75, 3.05) is 12.3 Å². The summed E-state index contributed by atoms with van der Waals surface area (Å²) in [6.45, 7) is -0.162. The molecule has 2 atom stereocenters. The summed E-state index contributed by atoms with van der Waals surface area (Å²) >= 11 is 0. The highest BCUT2D eigenvalue weighted by atomic mass is 16.4. The first-order valence-electron chi connectivity index (χ1n) is 4.66. The number of carboxylic acid groups (broad SMARTS) is 1. The van der Waals surface area contributed by atoms with Crippen LogP contribution in [0.2, 0.25) is 0 Å². The van der Waals surface area contributed by atoms with Crippen molar-refractivity contribution < 1.29 is 20.1 Å². The fourth-order valence-electron chi connectivity index (χ4n) is 1.35. The second kappa shape index (κ2) is 4.93. The summed E-state index contributed by atoms with van der Waals surface area (Å²) in [6, 6.07) is 4.04. The Hall–Kier alpha value is -1.63. The van der Waals surface area contributed by atoms with Crippen LogP contribution in [-0.4, -0.2) is 33.9 Å². The van der Waals surface area contributed by atoms with Crippen LogP contribution in [0.5, 0.6) is 0 Å². The summed E-state index contributed by atoms with van der Waals surface area (Å²) < 4.78 is 0. The first-order chi connectivity index (χ1) is 7.47. The van der Waals surface area contributed by atoms with E-state index in [-0.39, 0.29) is 23.4 Å². The zero-order valence-corrected chi connectivity index (χ0v) is 8.50.